The minimum absolute atomic E-state index is 0.0719. The summed E-state index contributed by atoms with van der Waals surface area (Å²) in [5.41, 5.74) is 31.4. The number of nitrogens with one attached hydrogen (secondary N) is 1. The van der Waals surface area contributed by atoms with E-state index in [1.807, 2.05) is 13.8 Å². The van der Waals surface area contributed by atoms with Crippen molar-refractivity contribution in [3.05, 3.63) is 35.9 Å². The highest BCUT2D eigenvalue weighted by atomic mass is 16.6. The summed E-state index contributed by atoms with van der Waals surface area (Å²) in [5.74, 6) is -12.1. The average Bonchev–Trinajstić information content (AvgIpc) is 3.23. The van der Waals surface area contributed by atoms with E-state index < -0.39 is 113 Å². The number of carbonyl (C=O) groups excluding carboxylic acids is 7. The lowest BCUT2D eigenvalue weighted by atomic mass is 9.77. The van der Waals surface area contributed by atoms with Crippen LogP contribution in [0.1, 0.15) is 102 Å². The predicted molar refractivity (Wildman–Crippen MR) is 255 cm³/mol. The second-order valence-electron chi connectivity index (χ2n) is 20.0. The third kappa shape index (κ3) is 14.1. The van der Waals surface area contributed by atoms with E-state index >= 15 is 9.59 Å². The molecule has 0 saturated carbocycles. The maximum atomic E-state index is 16.8. The molecule has 0 fully saturated rings. The molecular formula is C46H84N12O9. The molecule has 0 aliphatic heterocycles. The molecule has 2 unspecified atom stereocenters. The molecule has 0 heterocycles. The summed E-state index contributed by atoms with van der Waals surface area (Å²) in [5, 5.41) is 1.65. The lowest BCUT2D eigenvalue weighted by molar-refractivity contribution is -0.297. The highest BCUT2D eigenvalue weighted by molar-refractivity contribution is 5.93. The molecule has 6 amide bonds. The zero-order chi connectivity index (χ0) is 52.4. The van der Waals surface area contributed by atoms with Gasteiger partial charge < -0.3 is 43.0 Å². The number of esters is 1. The number of hydrogen-bond donors (Lipinski definition) is 6. The molecule has 1 aromatic carbocycles. The number of ether oxygens (including phenoxy) is 2. The van der Waals surface area contributed by atoms with Gasteiger partial charge in [0.2, 0.25) is 29.3 Å². The molecule has 0 radical (unpaired) electrons. The summed E-state index contributed by atoms with van der Waals surface area (Å²) in [6, 6.07) is 2.32. The van der Waals surface area contributed by atoms with Crippen molar-refractivity contribution >= 4 is 41.6 Å². The Labute approximate surface area is 398 Å². The largest absolute Gasteiger partial charge is 0.443 e. The van der Waals surface area contributed by atoms with Gasteiger partial charge in [-0.05, 0) is 76.7 Å². The maximum absolute atomic E-state index is 16.8. The minimum Gasteiger partial charge on any atom is -0.443 e. The number of rotatable bonds is 22. The van der Waals surface area contributed by atoms with E-state index in [1.165, 1.54) is 49.1 Å². The Balaban J connectivity index is 5.17. The van der Waals surface area contributed by atoms with Gasteiger partial charge in [0.05, 0.1) is 30.2 Å². The average molecular weight is 949 g/mol. The van der Waals surface area contributed by atoms with E-state index in [4.69, 9.17) is 38.1 Å². The molecule has 0 aliphatic carbocycles. The van der Waals surface area contributed by atoms with Crippen LogP contribution in [0.15, 0.2) is 30.3 Å². The fourth-order valence-corrected chi connectivity index (χ4v) is 7.66. The Hall–Kier alpha value is -4.93. The number of hydrogen-bond acceptors (Lipinski definition) is 15. The second-order valence-corrected chi connectivity index (χ2v) is 20.0. The van der Waals surface area contributed by atoms with Crippen molar-refractivity contribution in [2.75, 3.05) is 35.2 Å². The normalized spacial score (nSPS) is 16.5. The van der Waals surface area contributed by atoms with Crippen molar-refractivity contribution in [1.82, 2.24) is 35.2 Å². The summed E-state index contributed by atoms with van der Waals surface area (Å²) in [6.45, 7) is 21.3. The van der Waals surface area contributed by atoms with Crippen LogP contribution in [0.3, 0.4) is 0 Å². The van der Waals surface area contributed by atoms with E-state index in [0.29, 0.717) is 5.56 Å². The molecule has 1 rings (SSSR count). The number of nitrogens with zero attached hydrogens (tertiary/aromatic N) is 6. The second kappa shape index (κ2) is 24.4. The Kier molecular flexibility index (Phi) is 21.9. The van der Waals surface area contributed by atoms with E-state index in [-0.39, 0.29) is 18.8 Å². The monoisotopic (exact) mass is 949 g/mol. The number of likely N-dealkylation sites (N-methyl/N-ethyl adjacent to an activating group) is 5. The van der Waals surface area contributed by atoms with E-state index in [0.717, 1.165) is 29.7 Å². The van der Waals surface area contributed by atoms with Gasteiger partial charge in [0.15, 0.2) is 0 Å². The number of amides is 6. The maximum Gasteiger partial charge on any atom is 0.423 e. The predicted octanol–water partition coefficient (Wildman–Crippen LogP) is 1.34. The van der Waals surface area contributed by atoms with E-state index in [1.54, 1.807) is 92.6 Å². The van der Waals surface area contributed by atoms with Gasteiger partial charge in [0.1, 0.15) is 5.60 Å². The molecule has 0 aromatic heterocycles. The lowest BCUT2D eigenvalue weighted by Gasteiger charge is -2.57. The van der Waals surface area contributed by atoms with Crippen LogP contribution in [0.5, 0.6) is 0 Å². The SMILES string of the molecule is CC(C)C[C@@H](N)C(=O)N(C)[C@](OC(=O)[C@](C(Cc1ccccc1)C(C)C)(N(C)C(=O)[C@H](N)C(C)C)N(NC(=O)OC(C)(C)C)N(C)C(=O)[C@@H](C)N)(N(C)C(=O)C(C)N)N(C)C(=O)[C@H](N)C(C)C. The summed E-state index contributed by atoms with van der Waals surface area (Å²) in [6.07, 6.45) is -1.15. The number of carbonyl (C=O) groups is 7. The Bertz CT molecular complexity index is 1860. The van der Waals surface area contributed by atoms with Gasteiger partial charge in [-0.3, -0.25) is 43.7 Å². The third-order valence-corrected chi connectivity index (χ3v) is 11.7. The Morgan fingerprint density at radius 3 is 1.42 bits per heavy atom. The standard InChI is InChI=1S/C46H84N12O9/c1-26(2)24-34(49)39(61)55(16)46(54(15)37(59)30(9)47,56(17)41(63)36(51)29(7)8)66-42(64)45(53(14)40(62)35(50)28(5)6,33(27(3)4)25-32-22-20-19-21-23-32)58(57(18)38(60)31(10)48)52-43(65)67-44(11,12)13/h19-23,26-31,33-36H,24-25,47-51H2,1-18H3,(H,52,65)/t30?,31-,33?,34-,35-,36-,45-,46-/m1/s1. The van der Waals surface area contributed by atoms with Gasteiger partial charge in [0, 0.05) is 41.2 Å². The Morgan fingerprint density at radius 2 is 1.01 bits per heavy atom. The quantitative estimate of drug-likeness (QED) is 0.0543. The molecule has 67 heavy (non-hydrogen) atoms. The van der Waals surface area contributed by atoms with Crippen LogP contribution in [-0.2, 0) is 44.7 Å². The molecule has 0 aliphatic rings. The summed E-state index contributed by atoms with van der Waals surface area (Å²) < 4.78 is 12.5. The van der Waals surface area contributed by atoms with Crippen LogP contribution < -0.4 is 34.1 Å². The fraction of sp³-hybridized carbons (Fsp3) is 0.717. The van der Waals surface area contributed by atoms with Crippen molar-refractivity contribution in [2.24, 2.45) is 58.3 Å². The van der Waals surface area contributed by atoms with Crippen LogP contribution in [0, 0.1) is 29.6 Å². The lowest BCUT2D eigenvalue weighted by Crippen LogP contribution is -2.82. The van der Waals surface area contributed by atoms with Gasteiger partial charge in [0.25, 0.3) is 5.91 Å². The van der Waals surface area contributed by atoms with Crippen molar-refractivity contribution in [1.29, 1.82) is 0 Å². The molecule has 0 saturated heterocycles. The van der Waals surface area contributed by atoms with Gasteiger partial charge in [-0.25, -0.2) is 15.0 Å². The van der Waals surface area contributed by atoms with Gasteiger partial charge in [-0.15, -0.1) is 0 Å². The smallest absolute Gasteiger partial charge is 0.423 e. The molecule has 382 valence electrons. The third-order valence-electron chi connectivity index (χ3n) is 11.7. The molecule has 0 spiro atoms. The number of hydrazine groups is 2. The molecule has 21 nitrogen and oxygen atoms in total. The van der Waals surface area contributed by atoms with Crippen LogP contribution in [0.4, 0.5) is 4.79 Å². The van der Waals surface area contributed by atoms with E-state index in [9.17, 15) is 24.0 Å². The van der Waals surface area contributed by atoms with Gasteiger partial charge in [-0.2, -0.15) is 0 Å². The van der Waals surface area contributed by atoms with Crippen molar-refractivity contribution in [2.45, 2.75) is 150 Å². The summed E-state index contributed by atoms with van der Waals surface area (Å²) in [7, 11) is 5.98. The minimum atomic E-state index is -2.96. The van der Waals surface area contributed by atoms with Crippen molar-refractivity contribution in [3.63, 3.8) is 0 Å². The molecule has 11 N–H and O–H groups in total. The molecule has 0 bridgehead atoms. The highest BCUT2D eigenvalue weighted by Gasteiger charge is 2.65. The van der Waals surface area contributed by atoms with E-state index in [2.05, 4.69) is 5.43 Å². The molecular weight excluding hydrogens is 865 g/mol. The fourth-order valence-electron chi connectivity index (χ4n) is 7.66. The first-order valence-corrected chi connectivity index (χ1v) is 22.8. The first-order valence-electron chi connectivity index (χ1n) is 22.8. The number of benzene rings is 1. The number of nitrogens with two attached hydrogens (primary N) is 5. The van der Waals surface area contributed by atoms with Crippen LogP contribution in [0.2, 0.25) is 0 Å². The first kappa shape index (κ1) is 60.1. The molecule has 8 atom stereocenters. The van der Waals surface area contributed by atoms with Crippen molar-refractivity contribution < 1.29 is 43.0 Å². The summed E-state index contributed by atoms with van der Waals surface area (Å²) >= 11 is 0. The molecule has 21 heteroatoms. The highest BCUT2D eigenvalue weighted by Crippen LogP contribution is 2.41. The Morgan fingerprint density at radius 1 is 0.582 bits per heavy atom. The van der Waals surface area contributed by atoms with Gasteiger partial charge >= 0.3 is 18.0 Å². The topological polar surface area (TPSA) is 300 Å². The first-order chi connectivity index (χ1) is 30.6. The van der Waals surface area contributed by atoms with Crippen LogP contribution in [0.25, 0.3) is 0 Å². The summed E-state index contributed by atoms with van der Waals surface area (Å²) in [4.78, 5) is 108. The van der Waals surface area contributed by atoms with Gasteiger partial charge in [-0.1, -0.05) is 90.8 Å². The van der Waals surface area contributed by atoms with Crippen LogP contribution >= 0.6 is 0 Å². The zero-order valence-electron chi connectivity index (χ0n) is 43.3. The molecule has 1 aromatic rings. The zero-order valence-corrected chi connectivity index (χ0v) is 43.3. The van der Waals surface area contributed by atoms with Crippen molar-refractivity contribution in [3.8, 4) is 0 Å². The van der Waals surface area contributed by atoms with Crippen LogP contribution in [-0.4, -0.2) is 154 Å².